The summed E-state index contributed by atoms with van der Waals surface area (Å²) < 4.78 is 5.19. The third-order valence-electron chi connectivity index (χ3n) is 3.12. The van der Waals surface area contributed by atoms with Gasteiger partial charge in [0.2, 0.25) is 5.89 Å². The zero-order chi connectivity index (χ0) is 15.9. The van der Waals surface area contributed by atoms with Crippen LogP contribution < -0.4 is 11.1 Å². The lowest BCUT2D eigenvalue weighted by Crippen LogP contribution is -2.22. The number of hydrogen-bond acceptors (Lipinski definition) is 4. The highest BCUT2D eigenvalue weighted by atomic mass is 127. The molecule has 126 valence electrons. The molecule has 0 fully saturated rings. The van der Waals surface area contributed by atoms with Gasteiger partial charge < -0.3 is 15.6 Å². The smallest absolute Gasteiger partial charge is 0.226 e. The van der Waals surface area contributed by atoms with Gasteiger partial charge in [-0.05, 0) is 31.0 Å². The summed E-state index contributed by atoms with van der Waals surface area (Å²) in [5, 5.41) is 7.01. The van der Waals surface area contributed by atoms with Gasteiger partial charge in [0.25, 0.3) is 0 Å². The van der Waals surface area contributed by atoms with E-state index in [0.29, 0.717) is 24.8 Å². The SMILES string of the molecule is Cc1cccc(NC(N)=NCCCc2nc(C(C)C)no2)c1.I. The zero-order valence-electron chi connectivity index (χ0n) is 13.7. The third-order valence-corrected chi connectivity index (χ3v) is 3.12. The Morgan fingerprint density at radius 2 is 2.17 bits per heavy atom. The first-order valence-corrected chi connectivity index (χ1v) is 7.50. The van der Waals surface area contributed by atoms with Crippen LogP contribution in [-0.2, 0) is 6.42 Å². The van der Waals surface area contributed by atoms with Crippen LogP contribution in [0.4, 0.5) is 5.69 Å². The summed E-state index contributed by atoms with van der Waals surface area (Å²) in [5.74, 6) is 2.10. The number of anilines is 1. The number of rotatable bonds is 6. The van der Waals surface area contributed by atoms with E-state index in [4.69, 9.17) is 10.3 Å². The van der Waals surface area contributed by atoms with Crippen LogP contribution in [0.15, 0.2) is 33.8 Å². The summed E-state index contributed by atoms with van der Waals surface area (Å²) in [6.07, 6.45) is 1.52. The maximum atomic E-state index is 5.87. The minimum absolute atomic E-state index is 0. The molecule has 6 nitrogen and oxygen atoms in total. The van der Waals surface area contributed by atoms with E-state index in [0.717, 1.165) is 17.9 Å². The molecule has 0 bridgehead atoms. The summed E-state index contributed by atoms with van der Waals surface area (Å²) in [5.41, 5.74) is 7.99. The van der Waals surface area contributed by atoms with Gasteiger partial charge >= 0.3 is 0 Å². The van der Waals surface area contributed by atoms with Crippen molar-refractivity contribution in [2.24, 2.45) is 10.7 Å². The molecule has 0 atom stereocenters. The Balaban J connectivity index is 0.00000264. The van der Waals surface area contributed by atoms with Crippen LogP contribution in [-0.4, -0.2) is 22.6 Å². The monoisotopic (exact) mass is 429 g/mol. The van der Waals surface area contributed by atoms with E-state index in [1.54, 1.807) is 0 Å². The molecule has 0 saturated heterocycles. The molecule has 0 unspecified atom stereocenters. The first kappa shape index (κ1) is 19.4. The van der Waals surface area contributed by atoms with Crippen molar-refractivity contribution in [1.29, 1.82) is 0 Å². The Hall–Kier alpha value is -1.64. The average molecular weight is 429 g/mol. The molecule has 0 aliphatic carbocycles. The molecular formula is C16H24IN5O. The minimum Gasteiger partial charge on any atom is -0.370 e. The molecule has 3 N–H and O–H groups in total. The fraction of sp³-hybridized carbons (Fsp3) is 0.438. The second kappa shape index (κ2) is 9.49. The molecule has 2 rings (SSSR count). The fourth-order valence-corrected chi connectivity index (χ4v) is 1.94. The van der Waals surface area contributed by atoms with Gasteiger partial charge in [0.15, 0.2) is 11.8 Å². The van der Waals surface area contributed by atoms with E-state index in [9.17, 15) is 0 Å². The van der Waals surface area contributed by atoms with Gasteiger partial charge in [-0.25, -0.2) is 0 Å². The Labute approximate surface area is 154 Å². The number of aliphatic imine (C=N–C) groups is 1. The number of guanidine groups is 1. The summed E-state index contributed by atoms with van der Waals surface area (Å²) in [6, 6.07) is 8.00. The van der Waals surface area contributed by atoms with Crippen molar-refractivity contribution in [3.05, 3.63) is 41.5 Å². The molecule has 0 aliphatic heterocycles. The maximum absolute atomic E-state index is 5.87. The van der Waals surface area contributed by atoms with E-state index in [1.807, 2.05) is 45.0 Å². The molecule has 1 aromatic carbocycles. The van der Waals surface area contributed by atoms with Gasteiger partial charge in [0.05, 0.1) is 0 Å². The van der Waals surface area contributed by atoms with Crippen molar-refractivity contribution in [3.63, 3.8) is 0 Å². The number of nitrogens with two attached hydrogens (primary N) is 1. The highest BCUT2D eigenvalue weighted by Crippen LogP contribution is 2.11. The van der Waals surface area contributed by atoms with Gasteiger partial charge in [-0.1, -0.05) is 31.1 Å². The van der Waals surface area contributed by atoms with Crippen LogP contribution in [0.3, 0.4) is 0 Å². The number of benzene rings is 1. The summed E-state index contributed by atoms with van der Waals surface area (Å²) >= 11 is 0. The molecule has 1 aromatic heterocycles. The summed E-state index contributed by atoms with van der Waals surface area (Å²) in [6.45, 7) is 6.73. The molecular weight excluding hydrogens is 405 g/mol. The second-order valence-corrected chi connectivity index (χ2v) is 5.57. The standard InChI is InChI=1S/C16H23N5O.HI/c1-11(2)15-20-14(22-21-15)8-5-9-18-16(17)19-13-7-4-6-12(3)10-13;/h4,6-7,10-11H,5,8-9H2,1-3H3,(H3,17,18,19);1H. The highest BCUT2D eigenvalue weighted by Gasteiger charge is 2.08. The van der Waals surface area contributed by atoms with Crippen molar-refractivity contribution in [2.75, 3.05) is 11.9 Å². The lowest BCUT2D eigenvalue weighted by molar-refractivity contribution is 0.369. The van der Waals surface area contributed by atoms with Crippen LogP contribution in [0.5, 0.6) is 0 Å². The second-order valence-electron chi connectivity index (χ2n) is 5.57. The highest BCUT2D eigenvalue weighted by molar-refractivity contribution is 14.0. The van der Waals surface area contributed by atoms with E-state index < -0.39 is 0 Å². The van der Waals surface area contributed by atoms with Gasteiger partial charge in [0.1, 0.15) is 0 Å². The quantitative estimate of drug-likeness (QED) is 0.318. The van der Waals surface area contributed by atoms with Crippen LogP contribution >= 0.6 is 24.0 Å². The first-order valence-electron chi connectivity index (χ1n) is 7.50. The Morgan fingerprint density at radius 1 is 1.39 bits per heavy atom. The van der Waals surface area contributed by atoms with E-state index >= 15 is 0 Å². The van der Waals surface area contributed by atoms with Crippen molar-refractivity contribution >= 4 is 35.6 Å². The fourth-order valence-electron chi connectivity index (χ4n) is 1.94. The summed E-state index contributed by atoms with van der Waals surface area (Å²) in [7, 11) is 0. The maximum Gasteiger partial charge on any atom is 0.226 e. The van der Waals surface area contributed by atoms with Crippen LogP contribution in [0.1, 0.15) is 43.5 Å². The Morgan fingerprint density at radius 3 is 2.83 bits per heavy atom. The van der Waals surface area contributed by atoms with Crippen molar-refractivity contribution in [2.45, 2.75) is 39.5 Å². The number of nitrogens with zero attached hydrogens (tertiary/aromatic N) is 3. The molecule has 0 amide bonds. The summed E-state index contributed by atoms with van der Waals surface area (Å²) in [4.78, 5) is 8.63. The van der Waals surface area contributed by atoms with Gasteiger partial charge in [-0.3, -0.25) is 4.99 Å². The van der Waals surface area contributed by atoms with Crippen LogP contribution in [0.2, 0.25) is 0 Å². The van der Waals surface area contributed by atoms with Crippen molar-refractivity contribution in [1.82, 2.24) is 10.1 Å². The number of aryl methyl sites for hydroxylation is 2. The third kappa shape index (κ3) is 6.55. The van der Waals surface area contributed by atoms with Gasteiger partial charge in [-0.15, -0.1) is 24.0 Å². The van der Waals surface area contributed by atoms with E-state index in [-0.39, 0.29) is 29.9 Å². The number of aromatic nitrogens is 2. The molecule has 0 aliphatic rings. The molecule has 7 heteroatoms. The largest absolute Gasteiger partial charge is 0.370 e. The number of nitrogens with one attached hydrogen (secondary N) is 1. The molecule has 1 heterocycles. The zero-order valence-corrected chi connectivity index (χ0v) is 16.1. The predicted octanol–water partition coefficient (Wildman–Crippen LogP) is 3.48. The minimum atomic E-state index is 0. The number of halogens is 1. The molecule has 0 radical (unpaired) electrons. The average Bonchev–Trinajstić information content (AvgIpc) is 2.93. The molecule has 0 spiro atoms. The molecule has 23 heavy (non-hydrogen) atoms. The van der Waals surface area contributed by atoms with Crippen molar-refractivity contribution < 1.29 is 4.52 Å². The van der Waals surface area contributed by atoms with Gasteiger partial charge in [0, 0.05) is 24.6 Å². The van der Waals surface area contributed by atoms with Crippen molar-refractivity contribution in [3.8, 4) is 0 Å². The predicted molar refractivity (Wildman–Crippen MR) is 103 cm³/mol. The van der Waals surface area contributed by atoms with Gasteiger partial charge in [-0.2, -0.15) is 4.98 Å². The van der Waals surface area contributed by atoms with E-state index in [2.05, 4.69) is 20.4 Å². The normalized spacial score (nSPS) is 11.4. The molecule has 0 saturated carbocycles. The topological polar surface area (TPSA) is 89.3 Å². The Bertz CT molecular complexity index is 639. The Kier molecular flexibility index (Phi) is 8.01. The first-order chi connectivity index (χ1) is 10.5. The lowest BCUT2D eigenvalue weighted by atomic mass is 10.2. The molecule has 2 aromatic rings. The lowest BCUT2D eigenvalue weighted by Gasteiger charge is -2.06. The van der Waals surface area contributed by atoms with Crippen LogP contribution in [0, 0.1) is 6.92 Å². The number of hydrogen-bond donors (Lipinski definition) is 2. The van der Waals surface area contributed by atoms with Crippen LogP contribution in [0.25, 0.3) is 0 Å². The van der Waals surface area contributed by atoms with E-state index in [1.165, 1.54) is 5.56 Å².